The van der Waals surface area contributed by atoms with Gasteiger partial charge in [0.05, 0.1) is 11.1 Å². The molecule has 1 aliphatic heterocycles. The van der Waals surface area contributed by atoms with Crippen LogP contribution in [0.15, 0.2) is 21.1 Å². The molecule has 0 N–H and O–H groups in total. The molecule has 0 unspecified atom stereocenters. The average molecular weight is 322 g/mol. The molecule has 1 aliphatic rings. The van der Waals surface area contributed by atoms with Crippen molar-refractivity contribution in [1.82, 2.24) is 0 Å². The third kappa shape index (κ3) is 2.49. The molecule has 76 valence electrons. The molecule has 0 aromatic heterocycles. The van der Waals surface area contributed by atoms with Crippen LogP contribution in [0.1, 0.15) is 5.56 Å². The fourth-order valence-corrected chi connectivity index (χ4v) is 2.20. The lowest BCUT2D eigenvalue weighted by molar-refractivity contribution is 0.261. The van der Waals surface area contributed by atoms with E-state index in [1.54, 1.807) is 0 Å². The van der Waals surface area contributed by atoms with Crippen molar-refractivity contribution in [3.63, 3.8) is 0 Å². The summed E-state index contributed by atoms with van der Waals surface area (Å²) in [6.07, 6.45) is 0.297. The Morgan fingerprint density at radius 3 is 2.79 bits per heavy atom. The van der Waals surface area contributed by atoms with E-state index in [4.69, 9.17) is 9.47 Å². The average Bonchev–Trinajstić information content (AvgIpc) is 2.92. The Morgan fingerprint density at radius 1 is 1.43 bits per heavy atom. The van der Waals surface area contributed by atoms with Crippen LogP contribution in [0.4, 0.5) is 0 Å². The highest BCUT2D eigenvalue weighted by atomic mass is 79.9. The molecule has 1 saturated heterocycles. The van der Waals surface area contributed by atoms with E-state index in [1.165, 1.54) is 5.56 Å². The summed E-state index contributed by atoms with van der Waals surface area (Å²) >= 11 is 6.92. The van der Waals surface area contributed by atoms with Gasteiger partial charge in [-0.2, -0.15) is 0 Å². The highest BCUT2D eigenvalue weighted by Crippen LogP contribution is 2.31. The van der Waals surface area contributed by atoms with Gasteiger partial charge in [-0.1, -0.05) is 15.9 Å². The van der Waals surface area contributed by atoms with Crippen molar-refractivity contribution in [2.24, 2.45) is 0 Å². The Balaban J connectivity index is 2.10. The highest BCUT2D eigenvalue weighted by molar-refractivity contribution is 9.11. The third-order valence-electron chi connectivity index (χ3n) is 2.04. The molecule has 1 atom stereocenters. The van der Waals surface area contributed by atoms with Gasteiger partial charge >= 0.3 is 0 Å². The van der Waals surface area contributed by atoms with E-state index in [2.05, 4.69) is 31.9 Å². The fraction of sp³-hybridized carbons (Fsp3) is 0.400. The second-order valence-corrected chi connectivity index (χ2v) is 5.01. The lowest BCUT2D eigenvalue weighted by atomic mass is 10.2. The van der Waals surface area contributed by atoms with Crippen LogP contribution in [0.5, 0.6) is 5.75 Å². The first-order valence-electron chi connectivity index (χ1n) is 4.37. The predicted octanol–water partition coefficient (Wildman–Crippen LogP) is 3.30. The zero-order valence-electron chi connectivity index (χ0n) is 7.72. The Kier molecular flexibility index (Phi) is 3.14. The molecule has 0 spiro atoms. The van der Waals surface area contributed by atoms with Crippen molar-refractivity contribution in [2.75, 3.05) is 13.2 Å². The van der Waals surface area contributed by atoms with Gasteiger partial charge in [0.1, 0.15) is 18.5 Å². The molecular formula is C10H10Br2O2. The maximum atomic E-state index is 5.60. The Labute approximate surface area is 99.8 Å². The number of rotatable bonds is 3. The Hall–Kier alpha value is -0.0600. The van der Waals surface area contributed by atoms with Crippen LogP contribution in [0, 0.1) is 6.92 Å². The summed E-state index contributed by atoms with van der Waals surface area (Å²) in [6, 6.07) is 4.01. The van der Waals surface area contributed by atoms with Gasteiger partial charge in [0, 0.05) is 4.47 Å². The van der Waals surface area contributed by atoms with Crippen molar-refractivity contribution in [1.29, 1.82) is 0 Å². The molecule has 1 aromatic carbocycles. The van der Waals surface area contributed by atoms with Crippen LogP contribution in [0.25, 0.3) is 0 Å². The summed E-state index contributed by atoms with van der Waals surface area (Å²) in [4.78, 5) is 0. The summed E-state index contributed by atoms with van der Waals surface area (Å²) in [5, 5.41) is 0. The summed E-state index contributed by atoms with van der Waals surface area (Å²) in [7, 11) is 0. The molecular weight excluding hydrogens is 312 g/mol. The van der Waals surface area contributed by atoms with Crippen molar-refractivity contribution < 1.29 is 9.47 Å². The lowest BCUT2D eigenvalue weighted by Crippen LogP contribution is -2.04. The molecule has 0 bridgehead atoms. The van der Waals surface area contributed by atoms with Gasteiger partial charge in [-0.3, -0.25) is 0 Å². The van der Waals surface area contributed by atoms with Crippen LogP contribution in [-0.4, -0.2) is 19.3 Å². The summed E-state index contributed by atoms with van der Waals surface area (Å²) in [5.41, 5.74) is 1.17. The van der Waals surface area contributed by atoms with E-state index in [-0.39, 0.29) is 0 Å². The lowest BCUT2D eigenvalue weighted by Gasteiger charge is -2.08. The number of aryl methyl sites for hydroxylation is 1. The van der Waals surface area contributed by atoms with E-state index in [0.717, 1.165) is 21.3 Å². The number of ether oxygens (including phenoxy) is 2. The summed E-state index contributed by atoms with van der Waals surface area (Å²) in [5.74, 6) is 0.876. The van der Waals surface area contributed by atoms with E-state index in [0.29, 0.717) is 12.7 Å². The highest BCUT2D eigenvalue weighted by Gasteiger charge is 2.23. The van der Waals surface area contributed by atoms with Gasteiger partial charge in [0.2, 0.25) is 0 Å². The zero-order chi connectivity index (χ0) is 10.1. The van der Waals surface area contributed by atoms with Crippen molar-refractivity contribution in [2.45, 2.75) is 13.0 Å². The van der Waals surface area contributed by atoms with Gasteiger partial charge in [-0.05, 0) is 40.5 Å². The predicted molar refractivity (Wildman–Crippen MR) is 61.8 cm³/mol. The second kappa shape index (κ2) is 4.21. The van der Waals surface area contributed by atoms with Crippen LogP contribution < -0.4 is 4.74 Å². The SMILES string of the molecule is Cc1cc(OC[C@H]2CO2)c(Br)cc1Br. The van der Waals surface area contributed by atoms with Crippen LogP contribution in [0.3, 0.4) is 0 Å². The first-order chi connectivity index (χ1) is 6.66. The van der Waals surface area contributed by atoms with E-state index in [9.17, 15) is 0 Å². The molecule has 2 rings (SSSR count). The van der Waals surface area contributed by atoms with E-state index in [1.807, 2.05) is 19.1 Å². The minimum absolute atomic E-state index is 0.297. The van der Waals surface area contributed by atoms with Gasteiger partial charge in [0.15, 0.2) is 0 Å². The maximum Gasteiger partial charge on any atom is 0.133 e. The minimum atomic E-state index is 0.297. The molecule has 0 radical (unpaired) electrons. The van der Waals surface area contributed by atoms with E-state index >= 15 is 0 Å². The first-order valence-corrected chi connectivity index (χ1v) is 5.95. The molecule has 0 saturated carbocycles. The molecule has 1 fully saturated rings. The monoisotopic (exact) mass is 320 g/mol. The molecule has 2 nitrogen and oxygen atoms in total. The van der Waals surface area contributed by atoms with Crippen LogP contribution >= 0.6 is 31.9 Å². The second-order valence-electron chi connectivity index (χ2n) is 3.30. The standard InChI is InChI=1S/C10H10Br2O2/c1-6-2-10(9(12)3-8(6)11)14-5-7-4-13-7/h2-3,7H,4-5H2,1H3/t7-/m1/s1. The fourth-order valence-electron chi connectivity index (χ4n) is 1.09. The largest absolute Gasteiger partial charge is 0.490 e. The number of hydrogen-bond acceptors (Lipinski definition) is 2. The minimum Gasteiger partial charge on any atom is -0.490 e. The number of epoxide rings is 1. The number of halogens is 2. The van der Waals surface area contributed by atoms with Crippen molar-refractivity contribution in [3.05, 3.63) is 26.6 Å². The van der Waals surface area contributed by atoms with E-state index < -0.39 is 0 Å². The first kappa shape index (κ1) is 10.5. The molecule has 0 aliphatic carbocycles. The smallest absolute Gasteiger partial charge is 0.133 e. The van der Waals surface area contributed by atoms with Crippen molar-refractivity contribution >= 4 is 31.9 Å². The number of hydrogen-bond donors (Lipinski definition) is 0. The molecule has 1 aromatic rings. The van der Waals surface area contributed by atoms with Gasteiger partial charge in [-0.25, -0.2) is 0 Å². The number of benzene rings is 1. The maximum absolute atomic E-state index is 5.60. The third-order valence-corrected chi connectivity index (χ3v) is 3.51. The van der Waals surface area contributed by atoms with Gasteiger partial charge in [0.25, 0.3) is 0 Å². The van der Waals surface area contributed by atoms with Gasteiger partial charge < -0.3 is 9.47 Å². The van der Waals surface area contributed by atoms with Crippen LogP contribution in [0.2, 0.25) is 0 Å². The Morgan fingerprint density at radius 2 is 2.14 bits per heavy atom. The van der Waals surface area contributed by atoms with Gasteiger partial charge in [-0.15, -0.1) is 0 Å². The Bertz CT molecular complexity index is 348. The summed E-state index contributed by atoms with van der Waals surface area (Å²) < 4.78 is 12.7. The quantitative estimate of drug-likeness (QED) is 0.797. The van der Waals surface area contributed by atoms with Crippen LogP contribution in [-0.2, 0) is 4.74 Å². The molecule has 14 heavy (non-hydrogen) atoms. The molecule has 0 amide bonds. The summed E-state index contributed by atoms with van der Waals surface area (Å²) in [6.45, 7) is 3.50. The zero-order valence-corrected chi connectivity index (χ0v) is 10.9. The molecule has 1 heterocycles. The normalized spacial score (nSPS) is 19.5. The van der Waals surface area contributed by atoms with Crippen molar-refractivity contribution in [3.8, 4) is 5.75 Å². The molecule has 4 heteroatoms. The topological polar surface area (TPSA) is 21.8 Å².